The average molecular weight is 311 g/mol. The second-order valence-electron chi connectivity index (χ2n) is 3.42. The maximum atomic E-state index is 10.7. The van der Waals surface area contributed by atoms with Gasteiger partial charge < -0.3 is 4.74 Å². The second kappa shape index (κ2) is 5.69. The summed E-state index contributed by atoms with van der Waals surface area (Å²) in [4.78, 5) is 17.6. The molecule has 0 spiro atoms. The zero-order valence-corrected chi connectivity index (χ0v) is 11.1. The number of benzene rings is 1. The molecule has 0 aliphatic rings. The number of ether oxygens (including phenoxy) is 1. The number of nitrogens with zero attached hydrogens (tertiary/aromatic N) is 4. The smallest absolute Gasteiger partial charge is 0.272 e. The Labute approximate surface area is 122 Å². The van der Waals surface area contributed by atoms with Crippen LogP contribution in [0.3, 0.4) is 0 Å². The Morgan fingerprint density at radius 3 is 2.40 bits per heavy atom. The van der Waals surface area contributed by atoms with Crippen molar-refractivity contribution >= 4 is 28.9 Å². The van der Waals surface area contributed by atoms with Gasteiger partial charge in [0.15, 0.2) is 5.75 Å². The van der Waals surface area contributed by atoms with Crippen molar-refractivity contribution in [3.8, 4) is 17.7 Å². The Morgan fingerprint density at radius 1 is 1.25 bits per heavy atom. The van der Waals surface area contributed by atoms with E-state index in [0.717, 1.165) is 12.1 Å². The normalized spacial score (nSPS) is 9.85. The van der Waals surface area contributed by atoms with Gasteiger partial charge in [-0.3, -0.25) is 10.1 Å². The van der Waals surface area contributed by atoms with E-state index in [4.69, 9.17) is 33.2 Å². The van der Waals surface area contributed by atoms with E-state index in [9.17, 15) is 10.1 Å². The van der Waals surface area contributed by atoms with Crippen LogP contribution in [0.4, 0.5) is 5.69 Å². The van der Waals surface area contributed by atoms with Gasteiger partial charge in [-0.1, -0.05) is 23.2 Å². The van der Waals surface area contributed by atoms with Gasteiger partial charge in [0.2, 0.25) is 5.69 Å². The number of nitro groups is 1. The highest BCUT2D eigenvalue weighted by Gasteiger charge is 2.18. The topological polar surface area (TPSA) is 102 Å². The Bertz CT molecular complexity index is 707. The fourth-order valence-corrected chi connectivity index (χ4v) is 1.88. The van der Waals surface area contributed by atoms with Crippen molar-refractivity contribution in [1.82, 2.24) is 9.97 Å². The zero-order chi connectivity index (χ0) is 14.7. The van der Waals surface area contributed by atoms with Crippen molar-refractivity contribution in [3.05, 3.63) is 50.4 Å². The fourth-order valence-electron chi connectivity index (χ4n) is 1.32. The number of halogens is 2. The molecule has 1 aromatic carbocycles. The second-order valence-corrected chi connectivity index (χ2v) is 4.23. The summed E-state index contributed by atoms with van der Waals surface area (Å²) >= 11 is 11.8. The van der Waals surface area contributed by atoms with Crippen LogP contribution < -0.4 is 4.74 Å². The molecule has 0 fully saturated rings. The standard InChI is InChI=1S/C11H4Cl2N4O3/c12-7-3-6(17(18)19)4-8(13)10(7)20-11-9(5-14)15-1-2-16-11/h1-4H. The van der Waals surface area contributed by atoms with Gasteiger partial charge in [0.1, 0.15) is 6.07 Å². The van der Waals surface area contributed by atoms with Crippen LogP contribution in [0.5, 0.6) is 11.6 Å². The maximum Gasteiger partial charge on any atom is 0.272 e. The highest BCUT2D eigenvalue weighted by molar-refractivity contribution is 6.37. The van der Waals surface area contributed by atoms with Crippen molar-refractivity contribution in [3.63, 3.8) is 0 Å². The fraction of sp³-hybridized carbons (Fsp3) is 0. The molecule has 2 rings (SSSR count). The van der Waals surface area contributed by atoms with Crippen LogP contribution in [0.2, 0.25) is 10.0 Å². The monoisotopic (exact) mass is 310 g/mol. The van der Waals surface area contributed by atoms with E-state index in [-0.39, 0.29) is 33.1 Å². The Kier molecular flexibility index (Phi) is 3.98. The van der Waals surface area contributed by atoms with Crippen LogP contribution in [0, 0.1) is 21.4 Å². The summed E-state index contributed by atoms with van der Waals surface area (Å²) in [5, 5.41) is 19.4. The SMILES string of the molecule is N#Cc1nccnc1Oc1c(Cl)cc([N+](=O)[O-])cc1Cl. The van der Waals surface area contributed by atoms with Crippen LogP contribution in [-0.4, -0.2) is 14.9 Å². The number of nitriles is 1. The first kappa shape index (κ1) is 14.0. The number of hydrogen-bond acceptors (Lipinski definition) is 6. The molecule has 0 radical (unpaired) electrons. The van der Waals surface area contributed by atoms with Crippen LogP contribution in [0.15, 0.2) is 24.5 Å². The lowest BCUT2D eigenvalue weighted by Gasteiger charge is -2.08. The lowest BCUT2D eigenvalue weighted by molar-refractivity contribution is -0.384. The van der Waals surface area contributed by atoms with E-state index >= 15 is 0 Å². The minimum atomic E-state index is -0.634. The van der Waals surface area contributed by atoms with E-state index < -0.39 is 4.92 Å². The predicted octanol–water partition coefficient (Wildman–Crippen LogP) is 3.36. The summed E-state index contributed by atoms with van der Waals surface area (Å²) in [6.07, 6.45) is 2.65. The molecule has 0 amide bonds. The van der Waals surface area contributed by atoms with Crippen LogP contribution in [0.25, 0.3) is 0 Å². The molecular weight excluding hydrogens is 307 g/mol. The quantitative estimate of drug-likeness (QED) is 0.636. The third kappa shape index (κ3) is 2.77. The van der Waals surface area contributed by atoms with Crippen molar-refractivity contribution in [2.45, 2.75) is 0 Å². The zero-order valence-electron chi connectivity index (χ0n) is 9.58. The van der Waals surface area contributed by atoms with Crippen LogP contribution >= 0.6 is 23.2 Å². The molecule has 0 unspecified atom stereocenters. The first-order chi connectivity index (χ1) is 9.52. The summed E-state index contributed by atoms with van der Waals surface area (Å²) in [5.41, 5.74) is -0.329. The van der Waals surface area contributed by atoms with Crippen molar-refractivity contribution in [2.75, 3.05) is 0 Å². The van der Waals surface area contributed by atoms with E-state index in [1.54, 1.807) is 6.07 Å². The minimum Gasteiger partial charge on any atom is -0.433 e. The number of non-ortho nitro benzene ring substituents is 1. The number of hydrogen-bond donors (Lipinski definition) is 0. The number of rotatable bonds is 3. The Balaban J connectivity index is 2.45. The van der Waals surface area contributed by atoms with Gasteiger partial charge in [-0.2, -0.15) is 5.26 Å². The summed E-state index contributed by atoms with van der Waals surface area (Å²) in [5.74, 6) is -0.122. The molecule has 9 heteroatoms. The van der Waals surface area contributed by atoms with E-state index in [0.29, 0.717) is 0 Å². The van der Waals surface area contributed by atoms with Gasteiger partial charge in [-0.25, -0.2) is 9.97 Å². The number of nitro benzene ring substituents is 1. The molecule has 7 nitrogen and oxygen atoms in total. The van der Waals surface area contributed by atoms with E-state index in [2.05, 4.69) is 9.97 Å². The number of aromatic nitrogens is 2. The highest BCUT2D eigenvalue weighted by Crippen LogP contribution is 2.39. The van der Waals surface area contributed by atoms with E-state index in [1.165, 1.54) is 12.4 Å². The summed E-state index contributed by atoms with van der Waals surface area (Å²) in [6, 6.07) is 3.97. The molecule has 0 saturated heterocycles. The summed E-state index contributed by atoms with van der Waals surface area (Å²) in [6.45, 7) is 0. The van der Waals surface area contributed by atoms with E-state index in [1.807, 2.05) is 0 Å². The highest BCUT2D eigenvalue weighted by atomic mass is 35.5. The molecular formula is C11H4Cl2N4O3. The minimum absolute atomic E-state index is 0.0315. The van der Waals surface area contributed by atoms with Crippen LogP contribution in [-0.2, 0) is 0 Å². The van der Waals surface area contributed by atoms with Gasteiger partial charge in [-0.15, -0.1) is 0 Å². The third-order valence-corrected chi connectivity index (χ3v) is 2.72. The van der Waals surface area contributed by atoms with Gasteiger partial charge >= 0.3 is 0 Å². The van der Waals surface area contributed by atoms with Crippen molar-refractivity contribution in [1.29, 1.82) is 5.26 Å². The summed E-state index contributed by atoms with van der Waals surface area (Å²) in [7, 11) is 0. The lowest BCUT2D eigenvalue weighted by Crippen LogP contribution is -1.96. The molecule has 100 valence electrons. The summed E-state index contributed by atoms with van der Waals surface area (Å²) < 4.78 is 5.31. The van der Waals surface area contributed by atoms with Crippen LogP contribution in [0.1, 0.15) is 5.69 Å². The largest absolute Gasteiger partial charge is 0.433 e. The first-order valence-electron chi connectivity index (χ1n) is 5.05. The molecule has 2 aromatic rings. The molecule has 20 heavy (non-hydrogen) atoms. The first-order valence-corrected chi connectivity index (χ1v) is 5.81. The molecule has 0 aliphatic carbocycles. The average Bonchev–Trinajstić information content (AvgIpc) is 2.42. The Morgan fingerprint density at radius 2 is 1.85 bits per heavy atom. The molecule has 0 atom stereocenters. The Hall–Kier alpha value is -2.43. The third-order valence-electron chi connectivity index (χ3n) is 2.16. The van der Waals surface area contributed by atoms with Crippen molar-refractivity contribution in [2.24, 2.45) is 0 Å². The van der Waals surface area contributed by atoms with Crippen molar-refractivity contribution < 1.29 is 9.66 Å². The molecule has 0 N–H and O–H groups in total. The lowest BCUT2D eigenvalue weighted by atomic mass is 10.3. The van der Waals surface area contributed by atoms with Gasteiger partial charge in [0, 0.05) is 24.5 Å². The maximum absolute atomic E-state index is 10.7. The van der Waals surface area contributed by atoms with Gasteiger partial charge in [0.25, 0.3) is 11.6 Å². The molecule has 1 heterocycles. The molecule has 0 saturated carbocycles. The molecule has 1 aromatic heterocycles. The predicted molar refractivity (Wildman–Crippen MR) is 69.9 cm³/mol. The molecule has 0 bridgehead atoms. The van der Waals surface area contributed by atoms with Gasteiger partial charge in [-0.05, 0) is 0 Å². The van der Waals surface area contributed by atoms with Gasteiger partial charge in [0.05, 0.1) is 15.0 Å². The molecule has 0 aliphatic heterocycles.